The molecule has 42 heavy (non-hydrogen) atoms. The van der Waals surface area contributed by atoms with Crippen LogP contribution >= 0.6 is 0 Å². The third-order valence-electron chi connectivity index (χ3n) is 8.11. The minimum Gasteiger partial charge on any atom is -0.344 e. The van der Waals surface area contributed by atoms with Gasteiger partial charge in [0.2, 0.25) is 0 Å². The van der Waals surface area contributed by atoms with Crippen molar-refractivity contribution in [1.82, 2.24) is 5.32 Å². The molecule has 0 aromatic heterocycles. The van der Waals surface area contributed by atoms with Crippen LogP contribution in [0.25, 0.3) is 43.4 Å². The van der Waals surface area contributed by atoms with Gasteiger partial charge < -0.3 is 5.32 Å². The molecule has 0 fully saturated rings. The molecule has 0 spiro atoms. The first-order valence-corrected chi connectivity index (χ1v) is 14.3. The fourth-order valence-corrected chi connectivity index (χ4v) is 5.98. The second-order valence-electron chi connectivity index (χ2n) is 10.7. The van der Waals surface area contributed by atoms with E-state index in [1.54, 1.807) is 0 Å². The van der Waals surface area contributed by atoms with Gasteiger partial charge >= 0.3 is 0 Å². The van der Waals surface area contributed by atoms with E-state index in [0.29, 0.717) is 0 Å². The quantitative estimate of drug-likeness (QED) is 0.239. The highest BCUT2D eigenvalue weighted by Crippen LogP contribution is 2.32. The molecule has 3 nitrogen and oxygen atoms in total. The molecule has 0 amide bonds. The Morgan fingerprint density at radius 3 is 1.95 bits per heavy atom. The standard InChI is InChI=1S/C39H27N3/c1-2-12-29(13-3-1)37-40-38(34-18-8-15-27-11-6-7-17-33(27)34)42-39(41-37)35-19-9-16-28-21-23-32(25-36(28)35)31-22-20-26-10-4-5-14-30(26)24-31/h1-25,38H,(H,40,41,42). The summed E-state index contributed by atoms with van der Waals surface area (Å²) in [6.07, 6.45) is -0.280. The summed E-state index contributed by atoms with van der Waals surface area (Å²) in [5.74, 6) is 1.55. The van der Waals surface area contributed by atoms with Gasteiger partial charge in [-0.25, -0.2) is 9.98 Å². The maximum absolute atomic E-state index is 5.26. The fraction of sp³-hybridized carbons (Fsp3) is 0.0256. The normalized spacial score (nSPS) is 14.9. The molecular formula is C39H27N3. The van der Waals surface area contributed by atoms with Gasteiger partial charge in [0.15, 0.2) is 5.84 Å². The van der Waals surface area contributed by atoms with E-state index in [-0.39, 0.29) is 6.17 Å². The van der Waals surface area contributed by atoms with E-state index >= 15 is 0 Å². The number of hydrogen-bond donors (Lipinski definition) is 1. The summed E-state index contributed by atoms with van der Waals surface area (Å²) < 4.78 is 0. The molecule has 7 aromatic rings. The summed E-state index contributed by atoms with van der Waals surface area (Å²) in [4.78, 5) is 10.4. The Labute approximate surface area is 244 Å². The Hall–Kier alpha value is -5.54. The van der Waals surface area contributed by atoms with E-state index < -0.39 is 0 Å². The third kappa shape index (κ3) is 4.32. The maximum Gasteiger partial charge on any atom is 0.160 e. The largest absolute Gasteiger partial charge is 0.344 e. The van der Waals surface area contributed by atoms with Gasteiger partial charge in [-0.05, 0) is 55.6 Å². The molecule has 1 aliphatic heterocycles. The predicted molar refractivity (Wildman–Crippen MR) is 176 cm³/mol. The average Bonchev–Trinajstić information content (AvgIpc) is 3.07. The lowest BCUT2D eigenvalue weighted by atomic mass is 9.96. The van der Waals surface area contributed by atoms with Crippen LogP contribution in [0.1, 0.15) is 22.9 Å². The molecule has 1 atom stereocenters. The second-order valence-corrected chi connectivity index (χ2v) is 10.7. The van der Waals surface area contributed by atoms with Gasteiger partial charge in [0, 0.05) is 16.7 Å². The van der Waals surface area contributed by atoms with Gasteiger partial charge in [-0.3, -0.25) is 0 Å². The van der Waals surface area contributed by atoms with Crippen molar-refractivity contribution < 1.29 is 0 Å². The SMILES string of the molecule is c1ccc(C2=NC(c3cccc4ccc(-c5ccc6ccccc6c5)cc34)=NC(c3cccc4ccccc34)N2)cc1. The van der Waals surface area contributed by atoms with Crippen molar-refractivity contribution in [2.75, 3.05) is 0 Å². The Morgan fingerprint density at radius 1 is 0.452 bits per heavy atom. The zero-order chi connectivity index (χ0) is 27.9. The Balaban J connectivity index is 1.30. The highest BCUT2D eigenvalue weighted by atomic mass is 15.2. The maximum atomic E-state index is 5.26. The number of nitrogens with zero attached hydrogens (tertiary/aromatic N) is 2. The minimum atomic E-state index is -0.280. The van der Waals surface area contributed by atoms with Crippen molar-refractivity contribution in [2.45, 2.75) is 6.17 Å². The molecular weight excluding hydrogens is 510 g/mol. The number of rotatable bonds is 4. The summed E-state index contributed by atoms with van der Waals surface area (Å²) in [6, 6.07) is 53.5. The highest BCUT2D eigenvalue weighted by molar-refractivity contribution is 6.18. The molecule has 1 aliphatic rings. The highest BCUT2D eigenvalue weighted by Gasteiger charge is 2.23. The molecule has 0 saturated heterocycles. The summed E-state index contributed by atoms with van der Waals surface area (Å²) in [6.45, 7) is 0. The van der Waals surface area contributed by atoms with Crippen molar-refractivity contribution in [3.63, 3.8) is 0 Å². The molecule has 1 N–H and O–H groups in total. The van der Waals surface area contributed by atoms with Crippen LogP contribution in [0.4, 0.5) is 0 Å². The van der Waals surface area contributed by atoms with Crippen LogP contribution in [0, 0.1) is 0 Å². The Morgan fingerprint density at radius 2 is 1.10 bits per heavy atom. The summed E-state index contributed by atoms with van der Waals surface area (Å²) in [7, 11) is 0. The monoisotopic (exact) mass is 537 g/mol. The topological polar surface area (TPSA) is 36.8 Å². The Bertz CT molecular complexity index is 2170. The van der Waals surface area contributed by atoms with Gasteiger partial charge in [-0.2, -0.15) is 0 Å². The van der Waals surface area contributed by atoms with Crippen LogP contribution in [0.2, 0.25) is 0 Å². The molecule has 0 saturated carbocycles. The molecule has 1 heterocycles. The van der Waals surface area contributed by atoms with E-state index in [4.69, 9.17) is 9.98 Å². The van der Waals surface area contributed by atoms with Crippen LogP contribution in [0.3, 0.4) is 0 Å². The molecule has 8 rings (SSSR count). The number of benzene rings is 7. The number of fused-ring (bicyclic) bond motifs is 3. The van der Waals surface area contributed by atoms with Crippen molar-refractivity contribution in [3.8, 4) is 11.1 Å². The summed E-state index contributed by atoms with van der Waals surface area (Å²) in [5, 5.41) is 10.8. The first-order chi connectivity index (χ1) is 20.8. The van der Waals surface area contributed by atoms with Crippen LogP contribution in [-0.2, 0) is 0 Å². The number of amidine groups is 2. The van der Waals surface area contributed by atoms with Gasteiger partial charge in [-0.1, -0.05) is 140 Å². The lowest BCUT2D eigenvalue weighted by molar-refractivity contribution is 0.680. The van der Waals surface area contributed by atoms with Crippen LogP contribution in [0.15, 0.2) is 162 Å². The Kier molecular flexibility index (Phi) is 5.86. The van der Waals surface area contributed by atoms with Crippen LogP contribution in [0.5, 0.6) is 0 Å². The first kappa shape index (κ1) is 24.3. The average molecular weight is 538 g/mol. The summed E-state index contributed by atoms with van der Waals surface area (Å²) >= 11 is 0. The summed E-state index contributed by atoms with van der Waals surface area (Å²) in [5.41, 5.74) is 5.56. The first-order valence-electron chi connectivity index (χ1n) is 14.3. The number of aliphatic imine (C=N–C) groups is 2. The molecule has 1 unspecified atom stereocenters. The molecule has 7 aromatic carbocycles. The van der Waals surface area contributed by atoms with Crippen molar-refractivity contribution >= 4 is 44.0 Å². The lowest BCUT2D eigenvalue weighted by Crippen LogP contribution is -2.33. The molecule has 0 aliphatic carbocycles. The zero-order valence-electron chi connectivity index (χ0n) is 22.9. The van der Waals surface area contributed by atoms with E-state index in [0.717, 1.165) is 39.1 Å². The third-order valence-corrected chi connectivity index (χ3v) is 8.11. The fourth-order valence-electron chi connectivity index (χ4n) is 5.98. The van der Waals surface area contributed by atoms with Gasteiger partial charge in [-0.15, -0.1) is 0 Å². The van der Waals surface area contributed by atoms with E-state index in [9.17, 15) is 0 Å². The van der Waals surface area contributed by atoms with Crippen LogP contribution < -0.4 is 5.32 Å². The molecule has 3 heteroatoms. The van der Waals surface area contributed by atoms with Crippen molar-refractivity contribution in [3.05, 3.63) is 168 Å². The predicted octanol–water partition coefficient (Wildman–Crippen LogP) is 9.31. The van der Waals surface area contributed by atoms with Crippen molar-refractivity contribution in [1.29, 1.82) is 0 Å². The van der Waals surface area contributed by atoms with Gasteiger partial charge in [0.1, 0.15) is 12.0 Å². The van der Waals surface area contributed by atoms with E-state index in [1.165, 1.54) is 32.7 Å². The molecule has 0 bridgehead atoms. The van der Waals surface area contributed by atoms with Crippen molar-refractivity contribution in [2.24, 2.45) is 9.98 Å². The lowest BCUT2D eigenvalue weighted by Gasteiger charge is -2.25. The second kappa shape index (κ2) is 10.1. The zero-order valence-corrected chi connectivity index (χ0v) is 22.9. The molecule has 198 valence electrons. The molecule has 0 radical (unpaired) electrons. The van der Waals surface area contributed by atoms with E-state index in [1.807, 2.05) is 18.2 Å². The van der Waals surface area contributed by atoms with E-state index in [2.05, 4.69) is 139 Å². The van der Waals surface area contributed by atoms with Crippen LogP contribution in [-0.4, -0.2) is 11.7 Å². The minimum absolute atomic E-state index is 0.280. The number of hydrogen-bond acceptors (Lipinski definition) is 3. The smallest absolute Gasteiger partial charge is 0.160 e. The van der Waals surface area contributed by atoms with Gasteiger partial charge in [0.25, 0.3) is 0 Å². The number of nitrogens with one attached hydrogen (secondary N) is 1. The van der Waals surface area contributed by atoms with Gasteiger partial charge in [0.05, 0.1) is 0 Å².